The maximum atomic E-state index is 5.89. The summed E-state index contributed by atoms with van der Waals surface area (Å²) >= 11 is 0. The van der Waals surface area contributed by atoms with Crippen LogP contribution >= 0.6 is 0 Å². The zero-order valence-electron chi connectivity index (χ0n) is 12.3. The van der Waals surface area contributed by atoms with Crippen molar-refractivity contribution >= 4 is 0 Å². The molecule has 1 N–H and O–H groups in total. The van der Waals surface area contributed by atoms with E-state index in [0.717, 1.165) is 26.1 Å². The van der Waals surface area contributed by atoms with Crippen molar-refractivity contribution in [2.45, 2.75) is 51.3 Å². The molecule has 3 heterocycles. The molecule has 1 aromatic heterocycles. The topological polar surface area (TPSA) is 63.4 Å². The molecule has 2 aliphatic heterocycles. The molecule has 2 aliphatic rings. The molecular formula is C14H24N4O2. The molecule has 0 aliphatic carbocycles. The molecule has 112 valence electrons. The van der Waals surface area contributed by atoms with Crippen LogP contribution in [0.3, 0.4) is 0 Å². The van der Waals surface area contributed by atoms with Crippen LogP contribution < -0.4 is 5.32 Å². The van der Waals surface area contributed by atoms with E-state index in [-0.39, 0.29) is 6.10 Å². The highest BCUT2D eigenvalue weighted by Gasteiger charge is 2.34. The Labute approximate surface area is 119 Å². The van der Waals surface area contributed by atoms with Crippen LogP contribution in [0.25, 0.3) is 0 Å². The van der Waals surface area contributed by atoms with Crippen LogP contribution in [-0.4, -0.2) is 53.4 Å². The Morgan fingerprint density at radius 3 is 3.20 bits per heavy atom. The van der Waals surface area contributed by atoms with Gasteiger partial charge in [-0.1, -0.05) is 19.0 Å². The van der Waals surface area contributed by atoms with E-state index in [1.54, 1.807) is 0 Å². The SMILES string of the molecule is CC(C)NCCc1nc(C2CN3CCCC3CO2)no1. The minimum absolute atomic E-state index is 0.0279. The van der Waals surface area contributed by atoms with Crippen molar-refractivity contribution in [1.82, 2.24) is 20.4 Å². The number of hydrogen-bond acceptors (Lipinski definition) is 6. The first kappa shape index (κ1) is 14.0. The van der Waals surface area contributed by atoms with Crippen molar-refractivity contribution in [1.29, 1.82) is 0 Å². The molecule has 2 atom stereocenters. The van der Waals surface area contributed by atoms with Gasteiger partial charge in [-0.05, 0) is 19.4 Å². The van der Waals surface area contributed by atoms with Gasteiger partial charge in [-0.2, -0.15) is 4.98 Å². The van der Waals surface area contributed by atoms with Crippen LogP contribution in [0.5, 0.6) is 0 Å². The summed E-state index contributed by atoms with van der Waals surface area (Å²) < 4.78 is 11.2. The lowest BCUT2D eigenvalue weighted by Crippen LogP contribution is -2.42. The number of aromatic nitrogens is 2. The summed E-state index contributed by atoms with van der Waals surface area (Å²) in [5.41, 5.74) is 0. The highest BCUT2D eigenvalue weighted by atomic mass is 16.5. The van der Waals surface area contributed by atoms with Crippen LogP contribution in [0, 0.1) is 0 Å². The fourth-order valence-corrected chi connectivity index (χ4v) is 2.94. The second kappa shape index (κ2) is 6.20. The second-order valence-corrected chi connectivity index (χ2v) is 6.02. The summed E-state index contributed by atoms with van der Waals surface area (Å²) in [6.07, 6.45) is 3.27. The van der Waals surface area contributed by atoms with Crippen molar-refractivity contribution in [2.24, 2.45) is 0 Å². The van der Waals surface area contributed by atoms with Gasteiger partial charge in [-0.15, -0.1) is 0 Å². The molecule has 0 aromatic carbocycles. The van der Waals surface area contributed by atoms with E-state index < -0.39 is 0 Å². The van der Waals surface area contributed by atoms with E-state index in [1.165, 1.54) is 19.4 Å². The Morgan fingerprint density at radius 1 is 1.45 bits per heavy atom. The average molecular weight is 280 g/mol. The normalized spacial score (nSPS) is 27.1. The molecule has 3 rings (SSSR count). The van der Waals surface area contributed by atoms with Crippen LogP contribution in [0.15, 0.2) is 4.52 Å². The Morgan fingerprint density at radius 2 is 2.35 bits per heavy atom. The van der Waals surface area contributed by atoms with Gasteiger partial charge < -0.3 is 14.6 Å². The van der Waals surface area contributed by atoms with Crippen molar-refractivity contribution in [2.75, 3.05) is 26.2 Å². The fourth-order valence-electron chi connectivity index (χ4n) is 2.94. The number of rotatable bonds is 5. The van der Waals surface area contributed by atoms with Crippen molar-refractivity contribution in [3.05, 3.63) is 11.7 Å². The predicted octanol–water partition coefficient (Wildman–Crippen LogP) is 1.15. The lowest BCUT2D eigenvalue weighted by atomic mass is 10.2. The van der Waals surface area contributed by atoms with Crippen LogP contribution in [0.2, 0.25) is 0 Å². The predicted molar refractivity (Wildman–Crippen MR) is 74.4 cm³/mol. The zero-order chi connectivity index (χ0) is 13.9. The molecule has 20 heavy (non-hydrogen) atoms. The summed E-state index contributed by atoms with van der Waals surface area (Å²) in [6.45, 7) is 7.98. The lowest BCUT2D eigenvalue weighted by molar-refractivity contribution is -0.0548. The monoisotopic (exact) mass is 280 g/mol. The van der Waals surface area contributed by atoms with Gasteiger partial charge in [0.15, 0.2) is 0 Å². The highest BCUT2D eigenvalue weighted by molar-refractivity contribution is 4.97. The van der Waals surface area contributed by atoms with Gasteiger partial charge in [0.25, 0.3) is 0 Å². The quantitative estimate of drug-likeness (QED) is 0.873. The third-order valence-corrected chi connectivity index (χ3v) is 4.05. The first-order valence-electron chi connectivity index (χ1n) is 7.64. The summed E-state index contributed by atoms with van der Waals surface area (Å²) in [6, 6.07) is 1.08. The summed E-state index contributed by atoms with van der Waals surface area (Å²) in [4.78, 5) is 6.97. The number of morpholine rings is 1. The first-order chi connectivity index (χ1) is 9.72. The molecule has 2 fully saturated rings. The summed E-state index contributed by atoms with van der Waals surface area (Å²) in [7, 11) is 0. The zero-order valence-corrected chi connectivity index (χ0v) is 12.3. The molecule has 6 nitrogen and oxygen atoms in total. The Hall–Kier alpha value is -0.980. The molecule has 0 saturated carbocycles. The summed E-state index contributed by atoms with van der Waals surface area (Å²) in [5, 5.41) is 7.43. The van der Waals surface area contributed by atoms with Gasteiger partial charge in [-0.25, -0.2) is 0 Å². The largest absolute Gasteiger partial charge is 0.367 e. The van der Waals surface area contributed by atoms with Crippen LogP contribution in [0.1, 0.15) is 44.5 Å². The fraction of sp³-hybridized carbons (Fsp3) is 0.857. The Balaban J connectivity index is 1.54. The highest BCUT2D eigenvalue weighted by Crippen LogP contribution is 2.28. The van der Waals surface area contributed by atoms with E-state index in [2.05, 4.69) is 34.2 Å². The number of nitrogens with one attached hydrogen (secondary N) is 1. The average Bonchev–Trinajstić information content (AvgIpc) is 3.05. The molecule has 2 unspecified atom stereocenters. The number of hydrogen-bond donors (Lipinski definition) is 1. The molecule has 0 bridgehead atoms. The lowest BCUT2D eigenvalue weighted by Gasteiger charge is -2.33. The minimum Gasteiger partial charge on any atom is -0.367 e. The Kier molecular flexibility index (Phi) is 4.33. The van der Waals surface area contributed by atoms with Gasteiger partial charge in [0.1, 0.15) is 6.10 Å². The maximum absolute atomic E-state index is 5.89. The molecule has 1 aromatic rings. The van der Waals surface area contributed by atoms with E-state index in [0.29, 0.717) is 23.8 Å². The Bertz CT molecular complexity index is 435. The summed E-state index contributed by atoms with van der Waals surface area (Å²) in [5.74, 6) is 1.40. The molecule has 0 amide bonds. The molecular weight excluding hydrogens is 256 g/mol. The first-order valence-corrected chi connectivity index (χ1v) is 7.64. The van der Waals surface area contributed by atoms with Crippen molar-refractivity contribution < 1.29 is 9.26 Å². The number of ether oxygens (including phenoxy) is 1. The maximum Gasteiger partial charge on any atom is 0.228 e. The van der Waals surface area contributed by atoms with Gasteiger partial charge in [0, 0.05) is 31.6 Å². The molecule has 6 heteroatoms. The van der Waals surface area contributed by atoms with Gasteiger partial charge >= 0.3 is 0 Å². The molecule has 0 radical (unpaired) electrons. The smallest absolute Gasteiger partial charge is 0.228 e. The van der Waals surface area contributed by atoms with E-state index in [1.807, 2.05) is 0 Å². The van der Waals surface area contributed by atoms with Crippen molar-refractivity contribution in [3.63, 3.8) is 0 Å². The molecule has 0 spiro atoms. The van der Waals surface area contributed by atoms with Gasteiger partial charge in [0.2, 0.25) is 11.7 Å². The van der Waals surface area contributed by atoms with Crippen LogP contribution in [-0.2, 0) is 11.2 Å². The van der Waals surface area contributed by atoms with Gasteiger partial charge in [-0.3, -0.25) is 4.90 Å². The molecule has 2 saturated heterocycles. The van der Waals surface area contributed by atoms with E-state index in [9.17, 15) is 0 Å². The standard InChI is InChI=1S/C14H24N4O2/c1-10(2)15-6-5-13-16-14(17-20-13)12-8-18-7-3-4-11(18)9-19-12/h10-12,15H,3-9H2,1-2H3. The number of nitrogens with zero attached hydrogens (tertiary/aromatic N) is 3. The third-order valence-electron chi connectivity index (χ3n) is 4.05. The van der Waals surface area contributed by atoms with E-state index in [4.69, 9.17) is 9.26 Å². The van der Waals surface area contributed by atoms with Crippen molar-refractivity contribution in [3.8, 4) is 0 Å². The number of fused-ring (bicyclic) bond motifs is 1. The third kappa shape index (κ3) is 3.19. The second-order valence-electron chi connectivity index (χ2n) is 6.02. The van der Waals surface area contributed by atoms with Gasteiger partial charge in [0.05, 0.1) is 6.61 Å². The minimum atomic E-state index is -0.0279. The van der Waals surface area contributed by atoms with E-state index >= 15 is 0 Å². The van der Waals surface area contributed by atoms with Crippen LogP contribution in [0.4, 0.5) is 0 Å².